The van der Waals surface area contributed by atoms with Gasteiger partial charge in [-0.2, -0.15) is 0 Å². The van der Waals surface area contributed by atoms with Crippen LogP contribution in [0.15, 0.2) is 12.2 Å². The molecule has 2 saturated heterocycles. The van der Waals surface area contributed by atoms with Crippen LogP contribution in [0.2, 0.25) is 0 Å². The van der Waals surface area contributed by atoms with E-state index in [9.17, 15) is 14.4 Å². The Morgan fingerprint density at radius 1 is 1.43 bits per heavy atom. The van der Waals surface area contributed by atoms with E-state index in [0.29, 0.717) is 11.3 Å². The van der Waals surface area contributed by atoms with Crippen molar-refractivity contribution in [2.24, 2.45) is 0 Å². The molecule has 1 N–H and O–H groups in total. The number of rotatable bonds is 2. The first kappa shape index (κ1) is 15.9. The molecule has 1 unspecified atom stereocenters. The SMILES string of the molecule is C=C1CS[C@@H]2[C@H](NC(C)=O)C(=O)N2C1C(=O)OC(C)(C)C. The monoisotopic (exact) mass is 312 g/mol. The van der Waals surface area contributed by atoms with Gasteiger partial charge in [0.1, 0.15) is 17.0 Å². The molecular weight excluding hydrogens is 292 g/mol. The summed E-state index contributed by atoms with van der Waals surface area (Å²) in [5.41, 5.74) is 0.0303. The summed E-state index contributed by atoms with van der Waals surface area (Å²) in [7, 11) is 0. The zero-order valence-corrected chi connectivity index (χ0v) is 13.5. The fourth-order valence-corrected chi connectivity index (χ4v) is 3.70. The van der Waals surface area contributed by atoms with Crippen molar-refractivity contribution in [2.45, 2.75) is 50.8 Å². The van der Waals surface area contributed by atoms with Gasteiger partial charge in [-0.1, -0.05) is 6.58 Å². The number of carbonyl (C=O) groups is 3. The quantitative estimate of drug-likeness (QED) is 0.461. The highest BCUT2D eigenvalue weighted by Gasteiger charge is 2.56. The molecular formula is C14H20N2O4S. The first-order chi connectivity index (χ1) is 9.61. The zero-order chi connectivity index (χ0) is 15.9. The third kappa shape index (κ3) is 3.07. The molecule has 2 aliphatic rings. The Balaban J connectivity index is 2.15. The Labute approximate surface area is 128 Å². The van der Waals surface area contributed by atoms with Gasteiger partial charge in [-0.15, -0.1) is 11.8 Å². The van der Waals surface area contributed by atoms with Gasteiger partial charge in [0, 0.05) is 12.7 Å². The van der Waals surface area contributed by atoms with Gasteiger partial charge in [-0.05, 0) is 26.3 Å². The predicted octanol–water partition coefficient (Wildman–Crippen LogP) is 0.673. The maximum Gasteiger partial charge on any atom is 0.333 e. The molecule has 2 heterocycles. The third-order valence-corrected chi connectivity index (χ3v) is 4.55. The van der Waals surface area contributed by atoms with E-state index >= 15 is 0 Å². The van der Waals surface area contributed by atoms with E-state index in [0.717, 1.165) is 0 Å². The van der Waals surface area contributed by atoms with Gasteiger partial charge in [0.05, 0.1) is 0 Å². The average molecular weight is 312 g/mol. The summed E-state index contributed by atoms with van der Waals surface area (Å²) < 4.78 is 5.37. The van der Waals surface area contributed by atoms with Crippen LogP contribution in [0, 0.1) is 0 Å². The van der Waals surface area contributed by atoms with E-state index in [-0.39, 0.29) is 17.2 Å². The summed E-state index contributed by atoms with van der Waals surface area (Å²) in [4.78, 5) is 37.1. The lowest BCUT2D eigenvalue weighted by Gasteiger charge is -2.52. The summed E-state index contributed by atoms with van der Waals surface area (Å²) in [5, 5.41) is 2.39. The van der Waals surface area contributed by atoms with Crippen LogP contribution in [-0.2, 0) is 19.1 Å². The van der Waals surface area contributed by atoms with Crippen LogP contribution >= 0.6 is 11.8 Å². The van der Waals surface area contributed by atoms with Crippen LogP contribution in [0.25, 0.3) is 0 Å². The molecule has 0 aromatic rings. The molecule has 0 bridgehead atoms. The van der Waals surface area contributed by atoms with Crippen molar-refractivity contribution >= 4 is 29.5 Å². The zero-order valence-electron chi connectivity index (χ0n) is 12.6. The minimum absolute atomic E-state index is 0.232. The summed E-state index contributed by atoms with van der Waals surface area (Å²) >= 11 is 1.50. The third-order valence-electron chi connectivity index (χ3n) is 3.17. The molecule has 21 heavy (non-hydrogen) atoms. The number of esters is 1. The molecule has 2 rings (SSSR count). The van der Waals surface area contributed by atoms with Gasteiger partial charge in [-0.25, -0.2) is 4.79 Å². The first-order valence-corrected chi connectivity index (χ1v) is 7.78. The molecule has 0 spiro atoms. The maximum atomic E-state index is 12.3. The molecule has 0 saturated carbocycles. The van der Waals surface area contributed by atoms with Gasteiger partial charge >= 0.3 is 5.97 Å². The highest BCUT2D eigenvalue weighted by atomic mass is 32.2. The average Bonchev–Trinajstić information content (AvgIpc) is 2.33. The van der Waals surface area contributed by atoms with Crippen molar-refractivity contribution < 1.29 is 19.1 Å². The number of β-lactam (4-membered cyclic amide) rings is 1. The first-order valence-electron chi connectivity index (χ1n) is 6.73. The molecule has 2 aliphatic heterocycles. The standard InChI is InChI=1S/C14H20N2O4S/c1-7-6-21-12-9(15-8(2)17)11(18)16(12)10(7)13(19)20-14(3,4)5/h9-10,12H,1,6H2,2-5H3,(H,15,17)/t9-,10?,12-/m1/s1. The Hall–Kier alpha value is -1.50. The number of fused-ring (bicyclic) bond motifs is 1. The van der Waals surface area contributed by atoms with E-state index in [2.05, 4.69) is 11.9 Å². The Bertz CT molecular complexity index is 512. The molecule has 0 aromatic heterocycles. The van der Waals surface area contributed by atoms with Gasteiger partial charge in [0.15, 0.2) is 6.04 Å². The van der Waals surface area contributed by atoms with Gasteiger partial charge in [0.25, 0.3) is 0 Å². The highest BCUT2D eigenvalue weighted by molar-refractivity contribution is 8.00. The maximum absolute atomic E-state index is 12.3. The number of carbonyl (C=O) groups excluding carboxylic acids is 3. The molecule has 6 nitrogen and oxygen atoms in total. The van der Waals surface area contributed by atoms with E-state index in [1.165, 1.54) is 23.6 Å². The molecule has 116 valence electrons. The van der Waals surface area contributed by atoms with Crippen molar-refractivity contribution in [1.82, 2.24) is 10.2 Å². The summed E-state index contributed by atoms with van der Waals surface area (Å²) in [6, 6.07) is -1.32. The van der Waals surface area contributed by atoms with E-state index < -0.39 is 23.7 Å². The Morgan fingerprint density at radius 2 is 2.05 bits per heavy atom. The summed E-state index contributed by atoms with van der Waals surface area (Å²) in [6.07, 6.45) is 0. The van der Waals surface area contributed by atoms with Crippen LogP contribution < -0.4 is 5.32 Å². The topological polar surface area (TPSA) is 75.7 Å². The fraction of sp³-hybridized carbons (Fsp3) is 0.643. The lowest BCUT2D eigenvalue weighted by molar-refractivity contribution is -0.170. The molecule has 3 atom stereocenters. The molecule has 0 aliphatic carbocycles. The Kier molecular flexibility index (Phi) is 4.06. The number of nitrogens with one attached hydrogen (secondary N) is 1. The minimum atomic E-state index is -0.756. The molecule has 2 amide bonds. The van der Waals surface area contributed by atoms with Gasteiger partial charge < -0.3 is 15.0 Å². The minimum Gasteiger partial charge on any atom is -0.458 e. The lowest BCUT2D eigenvalue weighted by Crippen LogP contribution is -2.74. The number of nitrogens with zero attached hydrogens (tertiary/aromatic N) is 1. The normalized spacial score (nSPS) is 28.6. The highest BCUT2D eigenvalue weighted by Crippen LogP contribution is 2.40. The van der Waals surface area contributed by atoms with Crippen LogP contribution in [0.1, 0.15) is 27.7 Å². The number of ether oxygens (including phenoxy) is 1. The Morgan fingerprint density at radius 3 is 2.57 bits per heavy atom. The largest absolute Gasteiger partial charge is 0.458 e. The van der Waals surface area contributed by atoms with E-state index in [1.807, 2.05) is 0 Å². The van der Waals surface area contributed by atoms with Gasteiger partial charge in [0.2, 0.25) is 11.8 Å². The van der Waals surface area contributed by atoms with Crippen molar-refractivity contribution in [3.05, 3.63) is 12.2 Å². The fourth-order valence-electron chi connectivity index (χ4n) is 2.40. The second-order valence-electron chi connectivity index (χ2n) is 6.22. The second kappa shape index (κ2) is 5.36. The number of hydrogen-bond donors (Lipinski definition) is 1. The number of hydrogen-bond acceptors (Lipinski definition) is 5. The molecule has 0 aromatic carbocycles. The van der Waals surface area contributed by atoms with Crippen LogP contribution in [-0.4, -0.2) is 51.5 Å². The van der Waals surface area contributed by atoms with Crippen molar-refractivity contribution in [3.63, 3.8) is 0 Å². The predicted molar refractivity (Wildman–Crippen MR) is 79.5 cm³/mol. The van der Waals surface area contributed by atoms with Crippen molar-refractivity contribution in [3.8, 4) is 0 Å². The van der Waals surface area contributed by atoms with Crippen molar-refractivity contribution in [1.29, 1.82) is 0 Å². The number of thioether (sulfide) groups is 1. The molecule has 2 fully saturated rings. The lowest BCUT2D eigenvalue weighted by atomic mass is 9.98. The van der Waals surface area contributed by atoms with Crippen LogP contribution in [0.3, 0.4) is 0 Å². The van der Waals surface area contributed by atoms with E-state index in [4.69, 9.17) is 4.74 Å². The molecule has 0 radical (unpaired) electrons. The van der Waals surface area contributed by atoms with Crippen molar-refractivity contribution in [2.75, 3.05) is 5.75 Å². The summed E-state index contributed by atoms with van der Waals surface area (Å²) in [5.74, 6) is -0.423. The number of amides is 2. The van der Waals surface area contributed by atoms with Crippen LogP contribution in [0.5, 0.6) is 0 Å². The second-order valence-corrected chi connectivity index (χ2v) is 7.32. The van der Waals surface area contributed by atoms with Gasteiger partial charge in [-0.3, -0.25) is 9.59 Å². The summed E-state index contributed by atoms with van der Waals surface area (Å²) in [6.45, 7) is 10.6. The van der Waals surface area contributed by atoms with E-state index in [1.54, 1.807) is 20.8 Å². The smallest absolute Gasteiger partial charge is 0.333 e. The molecule has 7 heteroatoms. The van der Waals surface area contributed by atoms with Crippen LogP contribution in [0.4, 0.5) is 0 Å².